The summed E-state index contributed by atoms with van der Waals surface area (Å²) in [6.45, 7) is 7.76. The second kappa shape index (κ2) is 6.25. The van der Waals surface area contributed by atoms with Gasteiger partial charge in [0, 0.05) is 18.6 Å². The highest BCUT2D eigenvalue weighted by Crippen LogP contribution is 2.40. The lowest BCUT2D eigenvalue weighted by Gasteiger charge is -2.44. The van der Waals surface area contributed by atoms with Gasteiger partial charge in [0.15, 0.2) is 0 Å². The highest BCUT2D eigenvalue weighted by Gasteiger charge is 2.40. The summed E-state index contributed by atoms with van der Waals surface area (Å²) in [5, 5.41) is 8.96. The molecule has 2 rings (SSSR count). The molecule has 3 nitrogen and oxygen atoms in total. The maximum Gasteiger partial charge on any atom is 0.304 e. The maximum absolute atomic E-state index is 10.9. The number of carboxylic acid groups (broad SMARTS) is 1. The van der Waals surface area contributed by atoms with Crippen molar-refractivity contribution in [3.63, 3.8) is 0 Å². The third-order valence-corrected chi connectivity index (χ3v) is 5.01. The van der Waals surface area contributed by atoms with Gasteiger partial charge < -0.3 is 5.11 Å². The second-order valence-corrected chi connectivity index (χ2v) is 7.01. The Hall–Kier alpha value is -0.570. The summed E-state index contributed by atoms with van der Waals surface area (Å²) in [6.07, 6.45) is 6.77. The third kappa shape index (κ3) is 3.95. The van der Waals surface area contributed by atoms with Gasteiger partial charge in [0.1, 0.15) is 0 Å². The lowest BCUT2D eigenvalue weighted by atomic mass is 9.73. The summed E-state index contributed by atoms with van der Waals surface area (Å²) in [5.74, 6) is 1.61. The number of rotatable bonds is 6. The molecule has 2 saturated carbocycles. The van der Waals surface area contributed by atoms with Crippen molar-refractivity contribution in [1.29, 1.82) is 0 Å². The molecule has 0 radical (unpaired) electrons. The molecule has 1 N–H and O–H groups in total. The fourth-order valence-electron chi connectivity index (χ4n) is 3.78. The first-order valence-corrected chi connectivity index (χ1v) is 7.96. The van der Waals surface area contributed by atoms with Crippen molar-refractivity contribution >= 4 is 5.97 Å². The van der Waals surface area contributed by atoms with E-state index in [0.29, 0.717) is 24.4 Å². The fourth-order valence-corrected chi connectivity index (χ4v) is 3.78. The van der Waals surface area contributed by atoms with Gasteiger partial charge in [-0.05, 0) is 43.4 Å². The zero-order valence-electron chi connectivity index (χ0n) is 12.6. The van der Waals surface area contributed by atoms with E-state index >= 15 is 0 Å². The average Bonchev–Trinajstić information content (AvgIpc) is 3.13. The van der Waals surface area contributed by atoms with Crippen LogP contribution in [0.15, 0.2) is 0 Å². The third-order valence-electron chi connectivity index (χ3n) is 5.01. The predicted octanol–water partition coefficient (Wildman–Crippen LogP) is 3.39. The normalized spacial score (nSPS) is 31.9. The van der Waals surface area contributed by atoms with Gasteiger partial charge in [-0.3, -0.25) is 9.69 Å². The molecule has 0 amide bonds. The van der Waals surface area contributed by atoms with Crippen LogP contribution < -0.4 is 0 Å². The first-order valence-electron chi connectivity index (χ1n) is 7.96. The number of hydrogen-bond acceptors (Lipinski definition) is 2. The second-order valence-electron chi connectivity index (χ2n) is 7.01. The molecule has 0 heterocycles. The van der Waals surface area contributed by atoms with Crippen molar-refractivity contribution in [1.82, 2.24) is 4.90 Å². The molecule has 2 fully saturated rings. The molecule has 0 aromatic heterocycles. The minimum Gasteiger partial charge on any atom is -0.481 e. The van der Waals surface area contributed by atoms with Crippen molar-refractivity contribution in [2.45, 2.75) is 71.4 Å². The standard InChI is InChI=1S/C16H29NO2/c1-11(2)14-7-4-12(3)10-15(14)17(13-5-6-13)9-8-16(18)19/h11-15H,4-10H2,1-3H3,(H,18,19). The van der Waals surface area contributed by atoms with Crippen molar-refractivity contribution < 1.29 is 9.90 Å². The predicted molar refractivity (Wildman–Crippen MR) is 77.1 cm³/mol. The van der Waals surface area contributed by atoms with Crippen LogP contribution in [0.2, 0.25) is 0 Å². The Balaban J connectivity index is 2.05. The van der Waals surface area contributed by atoms with Crippen LogP contribution in [0.1, 0.15) is 59.3 Å². The Kier molecular flexibility index (Phi) is 4.88. The van der Waals surface area contributed by atoms with Crippen molar-refractivity contribution in [2.24, 2.45) is 17.8 Å². The minimum atomic E-state index is -0.657. The zero-order chi connectivity index (χ0) is 14.0. The summed E-state index contributed by atoms with van der Waals surface area (Å²) in [7, 11) is 0. The Bertz CT molecular complexity index is 312. The van der Waals surface area contributed by atoms with E-state index in [2.05, 4.69) is 25.7 Å². The Labute approximate surface area is 117 Å². The van der Waals surface area contributed by atoms with E-state index < -0.39 is 5.97 Å². The first-order chi connectivity index (χ1) is 8.99. The van der Waals surface area contributed by atoms with Gasteiger partial charge in [-0.1, -0.05) is 27.2 Å². The number of nitrogens with zero attached hydrogens (tertiary/aromatic N) is 1. The van der Waals surface area contributed by atoms with Gasteiger partial charge in [0.05, 0.1) is 6.42 Å². The highest BCUT2D eigenvalue weighted by atomic mass is 16.4. The smallest absolute Gasteiger partial charge is 0.304 e. The van der Waals surface area contributed by atoms with Gasteiger partial charge in [-0.25, -0.2) is 0 Å². The van der Waals surface area contributed by atoms with E-state index in [-0.39, 0.29) is 0 Å². The number of carboxylic acids is 1. The van der Waals surface area contributed by atoms with Crippen LogP contribution in [0.3, 0.4) is 0 Å². The van der Waals surface area contributed by atoms with Crippen molar-refractivity contribution in [3.8, 4) is 0 Å². The average molecular weight is 267 g/mol. The largest absolute Gasteiger partial charge is 0.481 e. The van der Waals surface area contributed by atoms with Gasteiger partial charge in [0.2, 0.25) is 0 Å². The molecule has 2 aliphatic carbocycles. The summed E-state index contributed by atoms with van der Waals surface area (Å²) in [5.41, 5.74) is 0. The minimum absolute atomic E-state index is 0.298. The van der Waals surface area contributed by atoms with E-state index in [4.69, 9.17) is 5.11 Å². The van der Waals surface area contributed by atoms with Gasteiger partial charge in [0.25, 0.3) is 0 Å². The number of aliphatic carboxylic acids is 1. The maximum atomic E-state index is 10.9. The molecule has 3 atom stereocenters. The lowest BCUT2D eigenvalue weighted by molar-refractivity contribution is -0.137. The van der Waals surface area contributed by atoms with Crippen molar-refractivity contribution in [2.75, 3.05) is 6.54 Å². The van der Waals surface area contributed by atoms with Gasteiger partial charge in [-0.2, -0.15) is 0 Å². The monoisotopic (exact) mass is 267 g/mol. The molecule has 0 aromatic rings. The summed E-state index contributed by atoms with van der Waals surface area (Å²) >= 11 is 0. The van der Waals surface area contributed by atoms with E-state index in [0.717, 1.165) is 18.4 Å². The van der Waals surface area contributed by atoms with Crippen LogP contribution in [-0.2, 0) is 4.79 Å². The summed E-state index contributed by atoms with van der Waals surface area (Å²) in [4.78, 5) is 13.4. The quantitative estimate of drug-likeness (QED) is 0.802. The van der Waals surface area contributed by atoms with Crippen molar-refractivity contribution in [3.05, 3.63) is 0 Å². The van der Waals surface area contributed by atoms with E-state index in [9.17, 15) is 4.79 Å². The van der Waals surface area contributed by atoms with E-state index in [1.807, 2.05) is 0 Å². The van der Waals surface area contributed by atoms with Crippen LogP contribution in [0.4, 0.5) is 0 Å². The Morgan fingerprint density at radius 3 is 2.47 bits per heavy atom. The lowest BCUT2D eigenvalue weighted by Crippen LogP contribution is -2.47. The molecule has 0 spiro atoms. The molecule has 110 valence electrons. The first kappa shape index (κ1) is 14.8. The van der Waals surface area contributed by atoms with E-state index in [1.165, 1.54) is 32.1 Å². The van der Waals surface area contributed by atoms with Crippen LogP contribution >= 0.6 is 0 Å². The number of hydrogen-bond donors (Lipinski definition) is 1. The highest BCUT2D eigenvalue weighted by molar-refractivity contribution is 5.66. The van der Waals surface area contributed by atoms with Crippen LogP contribution in [0.25, 0.3) is 0 Å². The molecule has 0 aromatic carbocycles. The molecule has 0 aliphatic heterocycles. The molecule has 0 bridgehead atoms. The summed E-state index contributed by atoms with van der Waals surface area (Å²) < 4.78 is 0. The molecule has 0 saturated heterocycles. The zero-order valence-corrected chi connectivity index (χ0v) is 12.6. The van der Waals surface area contributed by atoms with Crippen LogP contribution in [-0.4, -0.2) is 34.6 Å². The molecule has 19 heavy (non-hydrogen) atoms. The van der Waals surface area contributed by atoms with Gasteiger partial charge >= 0.3 is 5.97 Å². The summed E-state index contributed by atoms with van der Waals surface area (Å²) in [6, 6.07) is 1.30. The molecule has 3 unspecified atom stereocenters. The molecular formula is C16H29NO2. The van der Waals surface area contributed by atoms with E-state index in [1.54, 1.807) is 0 Å². The Morgan fingerprint density at radius 1 is 1.26 bits per heavy atom. The molecule has 2 aliphatic rings. The van der Waals surface area contributed by atoms with Gasteiger partial charge in [-0.15, -0.1) is 0 Å². The SMILES string of the molecule is CC1CCC(C(C)C)C(N(CCC(=O)O)C2CC2)C1. The fraction of sp³-hybridized carbons (Fsp3) is 0.938. The molecular weight excluding hydrogens is 238 g/mol. The molecule has 3 heteroatoms. The number of carbonyl (C=O) groups is 1. The van der Waals surface area contributed by atoms with Crippen LogP contribution in [0.5, 0.6) is 0 Å². The topological polar surface area (TPSA) is 40.5 Å². The van der Waals surface area contributed by atoms with Crippen LogP contribution in [0, 0.1) is 17.8 Å². The Morgan fingerprint density at radius 2 is 1.95 bits per heavy atom.